The fourth-order valence-electron chi connectivity index (χ4n) is 2.28. The number of nitrogens with zero attached hydrogens (tertiary/aromatic N) is 1. The first-order valence-electron chi connectivity index (χ1n) is 6.79. The second-order valence-corrected chi connectivity index (χ2v) is 5.77. The van der Waals surface area contributed by atoms with Gasteiger partial charge in [0.1, 0.15) is 0 Å². The number of nitrogens with two attached hydrogens (primary N) is 1. The normalized spacial score (nSPS) is 12.3. The highest BCUT2D eigenvalue weighted by molar-refractivity contribution is 9.10. The molecule has 1 heterocycles. The lowest BCUT2D eigenvalue weighted by atomic mass is 9.98. The van der Waals surface area contributed by atoms with Crippen LogP contribution in [0.1, 0.15) is 29.7 Å². The first-order chi connectivity index (χ1) is 9.61. The van der Waals surface area contributed by atoms with Gasteiger partial charge in [0.15, 0.2) is 0 Å². The van der Waals surface area contributed by atoms with Gasteiger partial charge in [-0.2, -0.15) is 0 Å². The summed E-state index contributed by atoms with van der Waals surface area (Å²) in [5.41, 5.74) is 10.4. The van der Waals surface area contributed by atoms with Gasteiger partial charge in [-0.3, -0.25) is 4.98 Å². The summed E-state index contributed by atoms with van der Waals surface area (Å²) in [6, 6.07) is 8.52. The van der Waals surface area contributed by atoms with E-state index >= 15 is 0 Å². The minimum absolute atomic E-state index is 0.224. The van der Waals surface area contributed by atoms with Crippen LogP contribution in [0.3, 0.4) is 0 Å². The lowest BCUT2D eigenvalue weighted by molar-refractivity contribution is 0.548. The molecule has 1 aromatic heterocycles. The average Bonchev–Trinajstić information content (AvgIpc) is 2.41. The molecule has 3 nitrogen and oxygen atoms in total. The number of pyridine rings is 1. The van der Waals surface area contributed by atoms with Crippen molar-refractivity contribution < 1.29 is 0 Å². The van der Waals surface area contributed by atoms with Gasteiger partial charge in [-0.25, -0.2) is 0 Å². The Balaban J connectivity index is 2.29. The van der Waals surface area contributed by atoms with Crippen LogP contribution in [0.5, 0.6) is 0 Å². The van der Waals surface area contributed by atoms with Gasteiger partial charge in [0.25, 0.3) is 0 Å². The molecule has 1 unspecified atom stereocenters. The van der Waals surface area contributed by atoms with Crippen LogP contribution in [0.15, 0.2) is 41.1 Å². The number of halogens is 1. The molecule has 0 spiro atoms. The largest absolute Gasteiger partial charge is 0.398 e. The van der Waals surface area contributed by atoms with Gasteiger partial charge in [0, 0.05) is 28.6 Å². The van der Waals surface area contributed by atoms with Crippen molar-refractivity contribution in [1.82, 2.24) is 10.3 Å². The molecule has 0 amide bonds. The van der Waals surface area contributed by atoms with E-state index in [0.717, 1.165) is 28.7 Å². The molecule has 0 fully saturated rings. The highest BCUT2D eigenvalue weighted by Crippen LogP contribution is 2.28. The maximum atomic E-state index is 6.03. The van der Waals surface area contributed by atoms with Gasteiger partial charge in [-0.05, 0) is 48.7 Å². The maximum absolute atomic E-state index is 6.03. The SMILES string of the molecule is CCNC(Cc1cnccc1N)c1ccc(C)cc1Br. The van der Waals surface area contributed by atoms with E-state index in [-0.39, 0.29) is 6.04 Å². The van der Waals surface area contributed by atoms with Crippen LogP contribution in [0, 0.1) is 6.92 Å². The highest BCUT2D eigenvalue weighted by atomic mass is 79.9. The van der Waals surface area contributed by atoms with Crippen molar-refractivity contribution in [1.29, 1.82) is 0 Å². The van der Waals surface area contributed by atoms with E-state index in [1.54, 1.807) is 6.20 Å². The molecule has 2 aromatic rings. The minimum Gasteiger partial charge on any atom is -0.398 e. The third-order valence-electron chi connectivity index (χ3n) is 3.35. The molecule has 1 atom stereocenters. The van der Waals surface area contributed by atoms with Crippen LogP contribution in [0.25, 0.3) is 0 Å². The summed E-state index contributed by atoms with van der Waals surface area (Å²) in [6.07, 6.45) is 4.40. The number of aromatic nitrogens is 1. The van der Waals surface area contributed by atoms with Gasteiger partial charge >= 0.3 is 0 Å². The molecular formula is C16H20BrN3. The average molecular weight is 334 g/mol. The summed E-state index contributed by atoms with van der Waals surface area (Å²) in [6.45, 7) is 5.11. The lowest BCUT2D eigenvalue weighted by Crippen LogP contribution is -2.23. The van der Waals surface area contributed by atoms with Crippen LogP contribution in [0.4, 0.5) is 5.69 Å². The molecule has 106 valence electrons. The maximum Gasteiger partial charge on any atom is 0.0378 e. The van der Waals surface area contributed by atoms with E-state index < -0.39 is 0 Å². The number of benzene rings is 1. The second kappa shape index (κ2) is 6.86. The first-order valence-corrected chi connectivity index (χ1v) is 7.59. The zero-order valence-electron chi connectivity index (χ0n) is 11.9. The van der Waals surface area contributed by atoms with E-state index in [0.29, 0.717) is 0 Å². The van der Waals surface area contributed by atoms with Crippen molar-refractivity contribution in [2.24, 2.45) is 0 Å². The predicted molar refractivity (Wildman–Crippen MR) is 87.7 cm³/mol. The van der Waals surface area contributed by atoms with Crippen LogP contribution in [0.2, 0.25) is 0 Å². The number of aryl methyl sites for hydroxylation is 1. The monoisotopic (exact) mass is 333 g/mol. The third-order valence-corrected chi connectivity index (χ3v) is 4.03. The lowest BCUT2D eigenvalue weighted by Gasteiger charge is -2.21. The van der Waals surface area contributed by atoms with Crippen LogP contribution < -0.4 is 11.1 Å². The summed E-state index contributed by atoms with van der Waals surface area (Å²) < 4.78 is 1.13. The predicted octanol–water partition coefficient (Wildman–Crippen LogP) is 3.63. The minimum atomic E-state index is 0.224. The molecule has 0 bridgehead atoms. The quantitative estimate of drug-likeness (QED) is 0.878. The molecule has 0 aliphatic rings. The van der Waals surface area contributed by atoms with Crippen LogP contribution >= 0.6 is 15.9 Å². The van der Waals surface area contributed by atoms with Gasteiger partial charge in [0.2, 0.25) is 0 Å². The van der Waals surface area contributed by atoms with Gasteiger partial charge in [-0.1, -0.05) is 35.0 Å². The van der Waals surface area contributed by atoms with Crippen LogP contribution in [-0.4, -0.2) is 11.5 Å². The summed E-state index contributed by atoms with van der Waals surface area (Å²) in [5, 5.41) is 3.52. The van der Waals surface area contributed by atoms with Crippen molar-refractivity contribution in [3.8, 4) is 0 Å². The van der Waals surface area contributed by atoms with Gasteiger partial charge < -0.3 is 11.1 Å². The number of hydrogen-bond acceptors (Lipinski definition) is 3. The molecule has 0 saturated heterocycles. The number of likely N-dealkylation sites (N-methyl/N-ethyl adjacent to an activating group) is 1. The van der Waals surface area contributed by atoms with Crippen LogP contribution in [-0.2, 0) is 6.42 Å². The smallest absolute Gasteiger partial charge is 0.0378 e. The summed E-state index contributed by atoms with van der Waals surface area (Å²) in [5.74, 6) is 0. The standard InChI is InChI=1S/C16H20BrN3/c1-3-20-16(9-12-10-19-7-6-15(12)18)13-5-4-11(2)8-14(13)17/h4-8,10,16,20H,3,9H2,1-2H3,(H2,18,19). The zero-order valence-corrected chi connectivity index (χ0v) is 13.4. The van der Waals surface area contributed by atoms with Crippen molar-refractivity contribution in [3.05, 3.63) is 57.8 Å². The molecule has 20 heavy (non-hydrogen) atoms. The highest BCUT2D eigenvalue weighted by Gasteiger charge is 2.15. The topological polar surface area (TPSA) is 50.9 Å². The van der Waals surface area contributed by atoms with E-state index in [1.165, 1.54) is 11.1 Å². The summed E-state index contributed by atoms with van der Waals surface area (Å²) in [4.78, 5) is 4.17. The number of hydrogen-bond donors (Lipinski definition) is 2. The van der Waals surface area contributed by atoms with Crippen molar-refractivity contribution in [3.63, 3.8) is 0 Å². The number of nitrogen functional groups attached to an aromatic ring is 1. The molecule has 0 aliphatic carbocycles. The van der Waals surface area contributed by atoms with Crippen molar-refractivity contribution in [2.75, 3.05) is 12.3 Å². The van der Waals surface area contributed by atoms with E-state index in [9.17, 15) is 0 Å². The Morgan fingerprint density at radius 1 is 1.35 bits per heavy atom. The summed E-state index contributed by atoms with van der Waals surface area (Å²) >= 11 is 3.66. The Labute approximate surface area is 128 Å². The zero-order chi connectivity index (χ0) is 14.5. The Morgan fingerprint density at radius 3 is 2.80 bits per heavy atom. The van der Waals surface area contributed by atoms with Crippen molar-refractivity contribution >= 4 is 21.6 Å². The number of rotatable bonds is 5. The Morgan fingerprint density at radius 2 is 2.15 bits per heavy atom. The Bertz CT molecular complexity index is 584. The summed E-state index contributed by atoms with van der Waals surface area (Å²) in [7, 11) is 0. The van der Waals surface area contributed by atoms with Crippen molar-refractivity contribution in [2.45, 2.75) is 26.3 Å². The fourth-order valence-corrected chi connectivity index (χ4v) is 3.05. The van der Waals surface area contributed by atoms with Gasteiger partial charge in [0.05, 0.1) is 0 Å². The first kappa shape index (κ1) is 15.0. The van der Waals surface area contributed by atoms with Gasteiger partial charge in [-0.15, -0.1) is 0 Å². The molecule has 0 radical (unpaired) electrons. The number of nitrogens with one attached hydrogen (secondary N) is 1. The molecule has 4 heteroatoms. The number of anilines is 1. The Kier molecular flexibility index (Phi) is 5.15. The fraction of sp³-hybridized carbons (Fsp3) is 0.312. The molecule has 2 rings (SSSR count). The molecule has 0 aliphatic heterocycles. The third kappa shape index (κ3) is 3.58. The molecule has 3 N–H and O–H groups in total. The molecule has 1 aromatic carbocycles. The molecular weight excluding hydrogens is 314 g/mol. The second-order valence-electron chi connectivity index (χ2n) is 4.91. The Hall–Kier alpha value is -1.39. The van der Waals surface area contributed by atoms with E-state index in [2.05, 4.69) is 58.3 Å². The van der Waals surface area contributed by atoms with E-state index in [4.69, 9.17) is 5.73 Å². The van der Waals surface area contributed by atoms with E-state index in [1.807, 2.05) is 12.3 Å². The molecule has 0 saturated carbocycles.